The molecule has 1 fully saturated rings. The molecule has 2 N–H and O–H groups in total. The van der Waals surface area contributed by atoms with Gasteiger partial charge in [-0.2, -0.15) is 0 Å². The molecule has 2 aromatic carbocycles. The number of nitrogens with zero attached hydrogens (tertiary/aromatic N) is 1. The molecule has 158 valence electrons. The Labute approximate surface area is 177 Å². The highest BCUT2D eigenvalue weighted by atomic mass is 16.2. The molecule has 1 aliphatic rings. The Hall–Kier alpha value is -3.15. The molecule has 30 heavy (non-hydrogen) atoms. The lowest BCUT2D eigenvalue weighted by atomic mass is 9.95. The molecule has 1 atom stereocenters. The minimum absolute atomic E-state index is 0.0227. The lowest BCUT2D eigenvalue weighted by Gasteiger charge is -2.26. The van der Waals surface area contributed by atoms with Crippen LogP contribution in [-0.4, -0.2) is 41.8 Å². The van der Waals surface area contributed by atoms with Crippen LogP contribution in [-0.2, 0) is 14.4 Å². The summed E-state index contributed by atoms with van der Waals surface area (Å²) in [5, 5.41) is 5.38. The maximum atomic E-state index is 13.2. The topological polar surface area (TPSA) is 78.5 Å². The molecule has 3 rings (SSSR count). The van der Waals surface area contributed by atoms with Crippen LogP contribution in [0.3, 0.4) is 0 Å². The van der Waals surface area contributed by atoms with E-state index in [1.807, 2.05) is 68.4 Å². The first-order valence-corrected chi connectivity index (χ1v) is 10.5. The van der Waals surface area contributed by atoms with Gasteiger partial charge in [0.15, 0.2) is 0 Å². The van der Waals surface area contributed by atoms with Crippen molar-refractivity contribution in [2.75, 3.05) is 18.4 Å². The zero-order chi connectivity index (χ0) is 21.5. The number of anilines is 1. The van der Waals surface area contributed by atoms with E-state index in [0.717, 1.165) is 24.0 Å². The molecule has 3 amide bonds. The highest BCUT2D eigenvalue weighted by Gasteiger charge is 2.36. The molecule has 1 aliphatic carbocycles. The molecule has 0 bridgehead atoms. The summed E-state index contributed by atoms with van der Waals surface area (Å²) in [5.41, 5.74) is 2.75. The second-order valence-corrected chi connectivity index (χ2v) is 7.76. The third-order valence-electron chi connectivity index (χ3n) is 5.27. The highest BCUT2D eigenvalue weighted by Crippen LogP contribution is 2.31. The Bertz CT molecular complexity index is 876. The van der Waals surface area contributed by atoms with E-state index in [4.69, 9.17) is 0 Å². The van der Waals surface area contributed by atoms with Crippen LogP contribution in [0.25, 0.3) is 0 Å². The van der Waals surface area contributed by atoms with Crippen molar-refractivity contribution in [1.82, 2.24) is 10.2 Å². The van der Waals surface area contributed by atoms with E-state index in [-0.39, 0.29) is 42.8 Å². The molecule has 6 nitrogen and oxygen atoms in total. The maximum Gasteiger partial charge on any atom is 0.243 e. The number of aryl methyl sites for hydroxylation is 1. The minimum Gasteiger partial charge on any atom is -0.345 e. The zero-order valence-electron chi connectivity index (χ0n) is 17.6. The largest absolute Gasteiger partial charge is 0.345 e. The Morgan fingerprint density at radius 2 is 1.67 bits per heavy atom. The lowest BCUT2D eigenvalue weighted by molar-refractivity contribution is -0.138. The van der Waals surface area contributed by atoms with E-state index < -0.39 is 0 Å². The van der Waals surface area contributed by atoms with Crippen LogP contribution in [0.15, 0.2) is 54.6 Å². The number of amides is 3. The molecular weight excluding hydrogens is 378 g/mol. The molecule has 2 aromatic rings. The molecule has 0 unspecified atom stereocenters. The number of rotatable bonds is 9. The van der Waals surface area contributed by atoms with E-state index in [1.54, 1.807) is 4.90 Å². The molecule has 0 spiro atoms. The predicted molar refractivity (Wildman–Crippen MR) is 117 cm³/mol. The van der Waals surface area contributed by atoms with Gasteiger partial charge in [-0.1, -0.05) is 55.0 Å². The van der Waals surface area contributed by atoms with E-state index in [1.165, 1.54) is 0 Å². The van der Waals surface area contributed by atoms with Crippen molar-refractivity contribution in [3.05, 3.63) is 65.7 Å². The standard InChI is InChI=1S/C24H29N3O3/c1-3-21(18-7-5-4-6-8-18)24(30)27(20-13-14-20)16-23(29)25-15-22(28)26-19-11-9-17(2)10-12-19/h4-12,20-21H,3,13-16H2,1-2H3,(H,25,29)(H,26,28)/t21-/m0/s1. The second kappa shape index (κ2) is 10.1. The fourth-order valence-corrected chi connectivity index (χ4v) is 3.44. The summed E-state index contributed by atoms with van der Waals surface area (Å²) >= 11 is 0. The number of carbonyl (C=O) groups is 3. The molecule has 6 heteroatoms. The number of hydrogen-bond donors (Lipinski definition) is 2. The van der Waals surface area contributed by atoms with Crippen LogP contribution < -0.4 is 10.6 Å². The summed E-state index contributed by atoms with van der Waals surface area (Å²) < 4.78 is 0. The maximum absolute atomic E-state index is 13.2. The first-order chi connectivity index (χ1) is 14.5. The van der Waals surface area contributed by atoms with Gasteiger partial charge in [0.05, 0.1) is 19.0 Å². The number of carbonyl (C=O) groups excluding carboxylic acids is 3. The van der Waals surface area contributed by atoms with Crippen molar-refractivity contribution in [2.45, 2.75) is 45.1 Å². The quantitative estimate of drug-likeness (QED) is 0.670. The van der Waals surface area contributed by atoms with Crippen molar-refractivity contribution in [3.8, 4) is 0 Å². The first kappa shape index (κ1) is 21.6. The Kier molecular flexibility index (Phi) is 7.22. The number of benzene rings is 2. The van der Waals surface area contributed by atoms with E-state index >= 15 is 0 Å². The minimum atomic E-state index is -0.322. The summed E-state index contributed by atoms with van der Waals surface area (Å²) in [6.45, 7) is 3.80. The van der Waals surface area contributed by atoms with Gasteiger partial charge in [-0.3, -0.25) is 14.4 Å². The molecule has 1 saturated carbocycles. The fourth-order valence-electron chi connectivity index (χ4n) is 3.44. The van der Waals surface area contributed by atoms with Gasteiger partial charge in [0, 0.05) is 11.7 Å². The van der Waals surface area contributed by atoms with Crippen LogP contribution in [0, 0.1) is 6.92 Å². The van der Waals surface area contributed by atoms with Gasteiger partial charge in [0.1, 0.15) is 0 Å². The van der Waals surface area contributed by atoms with Crippen LogP contribution in [0.2, 0.25) is 0 Å². The Morgan fingerprint density at radius 1 is 1.00 bits per heavy atom. The average molecular weight is 408 g/mol. The highest BCUT2D eigenvalue weighted by molar-refractivity contribution is 5.95. The summed E-state index contributed by atoms with van der Waals surface area (Å²) in [4.78, 5) is 39.4. The summed E-state index contributed by atoms with van der Waals surface area (Å²) in [5.74, 6) is -0.903. The van der Waals surface area contributed by atoms with Crippen molar-refractivity contribution in [1.29, 1.82) is 0 Å². The number of hydrogen-bond acceptors (Lipinski definition) is 3. The van der Waals surface area contributed by atoms with Crippen molar-refractivity contribution < 1.29 is 14.4 Å². The van der Waals surface area contributed by atoms with Crippen LogP contribution in [0.5, 0.6) is 0 Å². The van der Waals surface area contributed by atoms with Gasteiger partial charge in [-0.15, -0.1) is 0 Å². The summed E-state index contributed by atoms with van der Waals surface area (Å²) in [7, 11) is 0. The smallest absolute Gasteiger partial charge is 0.243 e. The number of nitrogens with one attached hydrogen (secondary N) is 2. The third-order valence-corrected chi connectivity index (χ3v) is 5.27. The zero-order valence-corrected chi connectivity index (χ0v) is 17.6. The van der Waals surface area contributed by atoms with Crippen molar-refractivity contribution in [3.63, 3.8) is 0 Å². The van der Waals surface area contributed by atoms with Crippen LogP contribution in [0.4, 0.5) is 5.69 Å². The third kappa shape index (κ3) is 5.92. The first-order valence-electron chi connectivity index (χ1n) is 10.5. The summed E-state index contributed by atoms with van der Waals surface area (Å²) in [6.07, 6.45) is 2.50. The second-order valence-electron chi connectivity index (χ2n) is 7.76. The molecule has 0 radical (unpaired) electrons. The van der Waals surface area contributed by atoms with Crippen LogP contribution in [0.1, 0.15) is 43.2 Å². The monoisotopic (exact) mass is 407 g/mol. The van der Waals surface area contributed by atoms with Gasteiger partial charge >= 0.3 is 0 Å². The molecule has 0 aliphatic heterocycles. The molecule has 0 aromatic heterocycles. The Morgan fingerprint density at radius 3 is 2.27 bits per heavy atom. The van der Waals surface area contributed by atoms with Crippen LogP contribution >= 0.6 is 0 Å². The van der Waals surface area contributed by atoms with Crippen molar-refractivity contribution in [2.24, 2.45) is 0 Å². The predicted octanol–water partition coefficient (Wildman–Crippen LogP) is 3.23. The molecular formula is C24H29N3O3. The van der Waals surface area contributed by atoms with Gasteiger partial charge in [0.2, 0.25) is 17.7 Å². The molecule has 0 heterocycles. The van der Waals surface area contributed by atoms with Gasteiger partial charge in [-0.05, 0) is 43.9 Å². The lowest BCUT2D eigenvalue weighted by Crippen LogP contribution is -2.45. The SMILES string of the molecule is CC[C@H](C(=O)N(CC(=O)NCC(=O)Nc1ccc(C)cc1)C1CC1)c1ccccc1. The van der Waals surface area contributed by atoms with Gasteiger partial charge < -0.3 is 15.5 Å². The van der Waals surface area contributed by atoms with E-state index in [9.17, 15) is 14.4 Å². The van der Waals surface area contributed by atoms with Gasteiger partial charge in [0.25, 0.3) is 0 Å². The summed E-state index contributed by atoms with van der Waals surface area (Å²) in [6, 6.07) is 17.2. The Balaban J connectivity index is 1.54. The molecule has 0 saturated heterocycles. The average Bonchev–Trinajstić information content (AvgIpc) is 3.58. The van der Waals surface area contributed by atoms with E-state index in [0.29, 0.717) is 12.1 Å². The normalized spacial score (nSPS) is 13.9. The van der Waals surface area contributed by atoms with E-state index in [2.05, 4.69) is 10.6 Å². The fraction of sp³-hybridized carbons (Fsp3) is 0.375. The van der Waals surface area contributed by atoms with Crippen molar-refractivity contribution >= 4 is 23.4 Å². The van der Waals surface area contributed by atoms with Gasteiger partial charge in [-0.25, -0.2) is 0 Å².